The maximum absolute atomic E-state index is 13.7. The van der Waals surface area contributed by atoms with Crippen molar-refractivity contribution < 1.29 is 19.0 Å². The molecule has 0 unspecified atom stereocenters. The predicted octanol–water partition coefficient (Wildman–Crippen LogP) is 3.28. The molecule has 1 saturated heterocycles. The first kappa shape index (κ1) is 18.4. The van der Waals surface area contributed by atoms with Gasteiger partial charge in [0, 0.05) is 31.7 Å². The lowest BCUT2D eigenvalue weighted by molar-refractivity contribution is 0.189. The van der Waals surface area contributed by atoms with Gasteiger partial charge in [-0.3, -0.25) is 0 Å². The van der Waals surface area contributed by atoms with Crippen LogP contribution in [0.2, 0.25) is 0 Å². The van der Waals surface area contributed by atoms with E-state index in [4.69, 9.17) is 4.74 Å². The number of hydrogen-bond donors (Lipinski definition) is 2. The summed E-state index contributed by atoms with van der Waals surface area (Å²) in [5.74, 6) is 0.547. The first-order valence-electron chi connectivity index (χ1n) is 9.62. The molecule has 1 fully saturated rings. The molecule has 28 heavy (non-hydrogen) atoms. The first-order valence-corrected chi connectivity index (χ1v) is 9.62. The summed E-state index contributed by atoms with van der Waals surface area (Å²) in [6.07, 6.45) is 1.50. The zero-order valence-electron chi connectivity index (χ0n) is 15.6. The Morgan fingerprint density at radius 3 is 2.71 bits per heavy atom. The Morgan fingerprint density at radius 2 is 1.93 bits per heavy atom. The van der Waals surface area contributed by atoms with E-state index in [-0.39, 0.29) is 23.6 Å². The number of carbonyl (C=O) groups is 1. The van der Waals surface area contributed by atoms with Crippen LogP contribution in [0.15, 0.2) is 42.5 Å². The van der Waals surface area contributed by atoms with Crippen molar-refractivity contribution in [3.05, 3.63) is 53.8 Å². The van der Waals surface area contributed by atoms with Gasteiger partial charge in [0.25, 0.3) is 0 Å². The van der Waals surface area contributed by atoms with Crippen molar-refractivity contribution in [2.75, 3.05) is 37.7 Å². The molecular formula is C21H24FN3O3. The third-order valence-corrected chi connectivity index (χ3v) is 5.33. The Labute approximate surface area is 163 Å². The largest absolute Gasteiger partial charge is 0.506 e. The summed E-state index contributed by atoms with van der Waals surface area (Å²) in [5.41, 5.74) is 1.48. The van der Waals surface area contributed by atoms with Crippen LogP contribution in [0.5, 0.6) is 11.5 Å². The summed E-state index contributed by atoms with van der Waals surface area (Å²) in [6, 6.07) is 11.2. The highest BCUT2D eigenvalue weighted by atomic mass is 19.1. The summed E-state index contributed by atoms with van der Waals surface area (Å²) < 4.78 is 19.4. The summed E-state index contributed by atoms with van der Waals surface area (Å²) in [4.78, 5) is 16.6. The van der Waals surface area contributed by atoms with E-state index in [2.05, 4.69) is 10.2 Å². The number of halogens is 1. The number of nitrogens with zero attached hydrogens (tertiary/aromatic N) is 2. The zero-order chi connectivity index (χ0) is 19.5. The molecule has 6 nitrogen and oxygen atoms in total. The smallest absolute Gasteiger partial charge is 0.318 e. The van der Waals surface area contributed by atoms with Crippen molar-refractivity contribution in [3.8, 4) is 11.5 Å². The third-order valence-electron chi connectivity index (χ3n) is 5.33. The molecule has 0 spiro atoms. The van der Waals surface area contributed by atoms with E-state index in [0.717, 1.165) is 12.1 Å². The molecule has 2 aliphatic rings. The van der Waals surface area contributed by atoms with Crippen molar-refractivity contribution in [1.29, 1.82) is 0 Å². The van der Waals surface area contributed by atoms with Crippen LogP contribution < -0.4 is 15.0 Å². The minimum absolute atomic E-state index is 0.154. The van der Waals surface area contributed by atoms with E-state index in [0.29, 0.717) is 50.5 Å². The topological polar surface area (TPSA) is 65.0 Å². The summed E-state index contributed by atoms with van der Waals surface area (Å²) in [6.45, 7) is 2.96. The zero-order valence-corrected chi connectivity index (χ0v) is 15.6. The molecule has 1 atom stereocenters. The van der Waals surface area contributed by atoms with Gasteiger partial charge < -0.3 is 25.0 Å². The molecule has 2 aromatic rings. The number of aromatic hydroxyl groups is 1. The van der Waals surface area contributed by atoms with Gasteiger partial charge in [0.1, 0.15) is 17.3 Å². The molecule has 0 bridgehead atoms. The molecule has 2 heterocycles. The normalized spacial score (nSPS) is 19.4. The van der Waals surface area contributed by atoms with Gasteiger partial charge in [-0.15, -0.1) is 0 Å². The van der Waals surface area contributed by atoms with E-state index in [9.17, 15) is 14.3 Å². The van der Waals surface area contributed by atoms with E-state index < -0.39 is 0 Å². The Hall–Kier alpha value is -2.96. The number of amides is 2. The van der Waals surface area contributed by atoms with E-state index in [1.165, 1.54) is 12.1 Å². The highest BCUT2D eigenvalue weighted by molar-refractivity contribution is 5.75. The number of para-hydroxylation sites is 2. The van der Waals surface area contributed by atoms with Crippen LogP contribution in [-0.4, -0.2) is 48.8 Å². The quantitative estimate of drug-likeness (QED) is 0.833. The molecule has 0 aromatic heterocycles. The Balaban J connectivity index is 1.40. The second-order valence-electron chi connectivity index (χ2n) is 7.14. The monoisotopic (exact) mass is 385 g/mol. The van der Waals surface area contributed by atoms with Crippen LogP contribution in [0.3, 0.4) is 0 Å². The maximum atomic E-state index is 13.7. The number of anilines is 1. The van der Waals surface area contributed by atoms with E-state index >= 15 is 0 Å². The number of fused-ring (bicyclic) bond motifs is 1. The molecule has 2 aliphatic heterocycles. The number of nitrogens with one attached hydrogen (secondary N) is 1. The van der Waals surface area contributed by atoms with Crippen LogP contribution in [0.1, 0.15) is 24.4 Å². The lowest BCUT2D eigenvalue weighted by Gasteiger charge is -2.37. The second-order valence-corrected chi connectivity index (χ2v) is 7.14. The SMILES string of the molecule is O=C(N[C@H]1CCCOc2ccc(F)cc21)N1CCN(c2ccccc2O)CC1. The number of benzene rings is 2. The number of hydrogen-bond acceptors (Lipinski definition) is 4. The minimum Gasteiger partial charge on any atom is -0.506 e. The van der Waals surface area contributed by atoms with Gasteiger partial charge in [0.15, 0.2) is 0 Å². The molecule has 7 heteroatoms. The highest BCUT2D eigenvalue weighted by Gasteiger charge is 2.27. The van der Waals surface area contributed by atoms with E-state index in [1.54, 1.807) is 23.1 Å². The molecule has 0 saturated carbocycles. The number of carbonyl (C=O) groups excluding carboxylic acids is 1. The van der Waals surface area contributed by atoms with Crippen LogP contribution in [0.4, 0.5) is 14.9 Å². The molecule has 0 aliphatic carbocycles. The van der Waals surface area contributed by atoms with Gasteiger partial charge in [-0.25, -0.2) is 9.18 Å². The fourth-order valence-corrected chi connectivity index (χ4v) is 3.82. The highest BCUT2D eigenvalue weighted by Crippen LogP contribution is 2.32. The van der Waals surface area contributed by atoms with Crippen molar-refractivity contribution in [3.63, 3.8) is 0 Å². The van der Waals surface area contributed by atoms with Gasteiger partial charge in [0.05, 0.1) is 18.3 Å². The molecule has 2 amide bonds. The van der Waals surface area contributed by atoms with Gasteiger partial charge in [0.2, 0.25) is 0 Å². The average Bonchev–Trinajstić information content (AvgIpc) is 2.90. The number of urea groups is 1. The Morgan fingerprint density at radius 1 is 1.14 bits per heavy atom. The number of phenols is 1. The summed E-state index contributed by atoms with van der Waals surface area (Å²) in [5, 5.41) is 13.1. The average molecular weight is 385 g/mol. The van der Waals surface area contributed by atoms with Crippen molar-refractivity contribution in [1.82, 2.24) is 10.2 Å². The molecule has 0 radical (unpaired) electrons. The molecular weight excluding hydrogens is 361 g/mol. The molecule has 148 valence electrons. The van der Waals surface area contributed by atoms with Crippen molar-refractivity contribution in [2.45, 2.75) is 18.9 Å². The van der Waals surface area contributed by atoms with Crippen molar-refractivity contribution in [2.24, 2.45) is 0 Å². The standard InChI is InChI=1S/C21H24FN3O3/c22-15-7-8-20-16(14-15)17(4-3-13-28-20)23-21(27)25-11-9-24(10-12-25)18-5-1-2-6-19(18)26/h1-2,5-8,14,17,26H,3-4,9-13H2,(H,23,27)/t17-/m0/s1. The first-order chi connectivity index (χ1) is 13.6. The van der Waals surface area contributed by atoms with Crippen LogP contribution in [0.25, 0.3) is 0 Å². The summed E-state index contributed by atoms with van der Waals surface area (Å²) in [7, 11) is 0. The number of rotatable bonds is 2. The van der Waals surface area contributed by atoms with Gasteiger partial charge in [-0.1, -0.05) is 12.1 Å². The van der Waals surface area contributed by atoms with E-state index in [1.807, 2.05) is 12.1 Å². The Bertz CT molecular complexity index is 853. The van der Waals surface area contributed by atoms with Crippen LogP contribution in [0, 0.1) is 5.82 Å². The Kier molecular flexibility index (Phi) is 5.23. The third kappa shape index (κ3) is 3.83. The minimum atomic E-state index is -0.334. The number of phenolic OH excluding ortho intramolecular Hbond substituents is 1. The predicted molar refractivity (Wildman–Crippen MR) is 104 cm³/mol. The lowest BCUT2D eigenvalue weighted by atomic mass is 10.0. The molecule has 2 aromatic carbocycles. The van der Waals surface area contributed by atoms with Crippen LogP contribution in [-0.2, 0) is 0 Å². The maximum Gasteiger partial charge on any atom is 0.318 e. The molecule has 2 N–H and O–H groups in total. The van der Waals surface area contributed by atoms with Crippen LogP contribution >= 0.6 is 0 Å². The lowest BCUT2D eigenvalue weighted by Crippen LogP contribution is -2.52. The molecule has 4 rings (SSSR count). The number of ether oxygens (including phenoxy) is 1. The van der Waals surface area contributed by atoms with Gasteiger partial charge >= 0.3 is 6.03 Å². The fourth-order valence-electron chi connectivity index (χ4n) is 3.82. The van der Waals surface area contributed by atoms with Gasteiger partial charge in [-0.05, 0) is 43.2 Å². The summed E-state index contributed by atoms with van der Waals surface area (Å²) >= 11 is 0. The second kappa shape index (κ2) is 7.96. The fraction of sp³-hybridized carbons (Fsp3) is 0.381. The number of piperazine rings is 1. The van der Waals surface area contributed by atoms with Crippen molar-refractivity contribution >= 4 is 11.7 Å². The van der Waals surface area contributed by atoms with Gasteiger partial charge in [-0.2, -0.15) is 0 Å².